The number of hydrogen-bond donors (Lipinski definition) is 2. The van der Waals surface area contributed by atoms with Crippen LogP contribution in [0.1, 0.15) is 0 Å². The predicted octanol–water partition coefficient (Wildman–Crippen LogP) is 0.445. The molecule has 4 nitrogen and oxygen atoms in total. The van der Waals surface area contributed by atoms with Crippen molar-refractivity contribution in [2.75, 3.05) is 5.75 Å². The van der Waals surface area contributed by atoms with Gasteiger partial charge in [-0.25, -0.2) is 0 Å². The monoisotopic (exact) mass is 248 g/mol. The summed E-state index contributed by atoms with van der Waals surface area (Å²) < 4.78 is 0. The van der Waals surface area contributed by atoms with E-state index in [1.807, 2.05) is 0 Å². The van der Waals surface area contributed by atoms with Gasteiger partial charge in [0.15, 0.2) is 0 Å². The van der Waals surface area contributed by atoms with Crippen LogP contribution in [0.25, 0.3) is 0 Å². The molecular formula is C3H6CdN2O2S. The van der Waals surface area contributed by atoms with Crippen molar-refractivity contribution in [3.8, 4) is 5.40 Å². The summed E-state index contributed by atoms with van der Waals surface area (Å²) in [5.41, 5.74) is 0. The Hall–Kier alpha value is 0.192. The summed E-state index contributed by atoms with van der Waals surface area (Å²) in [5, 5.41) is 17.3. The fourth-order valence-electron chi connectivity index (χ4n) is 0.0940. The zero-order valence-corrected chi connectivity index (χ0v) is 9.69. The summed E-state index contributed by atoms with van der Waals surface area (Å²) in [4.78, 5) is 9.59. The van der Waals surface area contributed by atoms with Gasteiger partial charge in [0.2, 0.25) is 0 Å². The molecule has 0 aromatic heterocycles. The molecule has 0 saturated heterocycles. The molecule has 6 heteroatoms. The largest absolute Gasteiger partial charge is 0.481 e. The van der Waals surface area contributed by atoms with Crippen molar-refractivity contribution in [2.24, 2.45) is 0 Å². The van der Waals surface area contributed by atoms with Crippen LogP contribution in [0.15, 0.2) is 0 Å². The maximum atomic E-state index is 9.59. The summed E-state index contributed by atoms with van der Waals surface area (Å²) in [6.07, 6.45) is 0. The van der Waals surface area contributed by atoms with Gasteiger partial charge in [-0.2, -0.15) is 5.26 Å². The maximum Gasteiger partial charge on any atom is 0.314 e. The summed E-state index contributed by atoms with van der Waals surface area (Å²) >= 11 is 0.722. The van der Waals surface area contributed by atoms with Crippen molar-refractivity contribution in [1.29, 1.82) is 5.26 Å². The van der Waals surface area contributed by atoms with Crippen LogP contribution in [0.5, 0.6) is 0 Å². The van der Waals surface area contributed by atoms with Crippen molar-refractivity contribution >= 4 is 17.7 Å². The Kier molecular flexibility index (Phi) is 19.8. The fraction of sp³-hybridized carbons (Fsp3) is 0.333. The molecule has 0 rings (SSSR count). The van der Waals surface area contributed by atoms with E-state index >= 15 is 0 Å². The molecule has 0 aliphatic carbocycles. The van der Waals surface area contributed by atoms with Gasteiger partial charge in [0, 0.05) is 27.3 Å². The fourth-order valence-corrected chi connectivity index (χ4v) is 0.282. The molecule has 0 aliphatic heterocycles. The predicted molar refractivity (Wildman–Crippen MR) is 30.7 cm³/mol. The topological polar surface area (TPSA) is 96.1 Å². The normalized spacial score (nSPS) is 5.67. The number of carboxylic acid groups (broad SMARTS) is 1. The molecule has 0 aromatic rings. The smallest absolute Gasteiger partial charge is 0.314 e. The molecule has 9 heavy (non-hydrogen) atoms. The van der Waals surface area contributed by atoms with Crippen LogP contribution >= 0.6 is 11.8 Å². The molecule has 0 heterocycles. The van der Waals surface area contributed by atoms with Crippen molar-refractivity contribution < 1.29 is 37.2 Å². The van der Waals surface area contributed by atoms with E-state index in [4.69, 9.17) is 10.4 Å². The second-order valence-electron chi connectivity index (χ2n) is 0.774. The number of thioether (sulfide) groups is 1. The Balaban J connectivity index is -0.000000180. The minimum Gasteiger partial charge on any atom is -0.481 e. The molecule has 0 radical (unpaired) electrons. The Bertz CT molecular complexity index is 113. The first-order valence-electron chi connectivity index (χ1n) is 1.50. The van der Waals surface area contributed by atoms with Crippen molar-refractivity contribution in [3.63, 3.8) is 0 Å². The van der Waals surface area contributed by atoms with Gasteiger partial charge in [0.05, 0.1) is 0 Å². The van der Waals surface area contributed by atoms with E-state index in [0.29, 0.717) is 0 Å². The van der Waals surface area contributed by atoms with Crippen LogP contribution in [0, 0.1) is 10.7 Å². The van der Waals surface area contributed by atoms with Crippen LogP contribution in [-0.4, -0.2) is 16.8 Å². The maximum absolute atomic E-state index is 9.59. The first-order valence-corrected chi connectivity index (χ1v) is 2.48. The molecule has 0 aromatic carbocycles. The molecule has 0 fully saturated rings. The van der Waals surface area contributed by atoms with E-state index in [0.717, 1.165) is 11.8 Å². The van der Waals surface area contributed by atoms with Crippen molar-refractivity contribution in [3.05, 3.63) is 0 Å². The number of rotatable bonds is 2. The van der Waals surface area contributed by atoms with E-state index in [9.17, 15) is 4.79 Å². The van der Waals surface area contributed by atoms with Gasteiger partial charge < -0.3 is 11.3 Å². The summed E-state index contributed by atoms with van der Waals surface area (Å²) in [5.74, 6) is -1.08. The summed E-state index contributed by atoms with van der Waals surface area (Å²) in [7, 11) is 0. The van der Waals surface area contributed by atoms with Gasteiger partial charge in [0.25, 0.3) is 0 Å². The summed E-state index contributed by atoms with van der Waals surface area (Å²) in [6.45, 7) is 0. The number of aliphatic carboxylic acids is 1. The molecule has 0 spiro atoms. The minimum atomic E-state index is -0.952. The van der Waals surface area contributed by atoms with Gasteiger partial charge in [-0.15, -0.1) is 0 Å². The average molecular weight is 247 g/mol. The minimum absolute atomic E-state index is 0. The van der Waals surface area contributed by atoms with E-state index in [1.165, 1.54) is 0 Å². The number of hydrogen-bond acceptors (Lipinski definition) is 4. The quantitative estimate of drug-likeness (QED) is 0.545. The van der Waals surface area contributed by atoms with Crippen molar-refractivity contribution in [1.82, 2.24) is 6.15 Å². The van der Waals surface area contributed by atoms with Gasteiger partial charge in [-0.3, -0.25) is 4.79 Å². The van der Waals surface area contributed by atoms with Gasteiger partial charge in [0.1, 0.15) is 11.2 Å². The van der Waals surface area contributed by atoms with E-state index < -0.39 is 5.97 Å². The molecule has 0 saturated carbocycles. The second kappa shape index (κ2) is 11.1. The number of thiocyanates is 1. The Morgan fingerprint density at radius 2 is 2.22 bits per heavy atom. The molecule has 0 unspecified atom stereocenters. The molecule has 4 N–H and O–H groups in total. The van der Waals surface area contributed by atoms with Crippen molar-refractivity contribution in [2.45, 2.75) is 0 Å². The van der Waals surface area contributed by atoms with Crippen LogP contribution in [0.4, 0.5) is 0 Å². The van der Waals surface area contributed by atoms with Gasteiger partial charge in [-0.1, -0.05) is 0 Å². The second-order valence-corrected chi connectivity index (χ2v) is 1.53. The Labute approximate surface area is 77.4 Å². The van der Waals surface area contributed by atoms with Gasteiger partial charge >= 0.3 is 5.97 Å². The molecule has 0 amide bonds. The Morgan fingerprint density at radius 1 is 1.78 bits per heavy atom. The molecule has 0 aliphatic rings. The molecule has 0 bridgehead atoms. The van der Waals surface area contributed by atoms with E-state index in [-0.39, 0.29) is 39.2 Å². The zero-order valence-electron chi connectivity index (χ0n) is 4.83. The Morgan fingerprint density at radius 3 is 2.33 bits per heavy atom. The third-order valence-electron chi connectivity index (χ3n) is 0.260. The van der Waals surface area contributed by atoms with E-state index in [1.54, 1.807) is 5.40 Å². The molecule has 0 atom stereocenters. The number of carboxylic acids is 1. The molecular weight excluding hydrogens is 241 g/mol. The SMILES string of the molecule is N.N#CSCC(=O)O.[Cd]. The van der Waals surface area contributed by atoms with Crippen LogP contribution in [0.2, 0.25) is 0 Å². The third-order valence-corrected chi connectivity index (χ3v) is 0.781. The number of carbonyl (C=O) groups is 1. The van der Waals surface area contributed by atoms with Crippen LogP contribution < -0.4 is 6.15 Å². The van der Waals surface area contributed by atoms with Crippen LogP contribution in [0.3, 0.4) is 0 Å². The zero-order chi connectivity index (χ0) is 5.70. The van der Waals surface area contributed by atoms with E-state index in [2.05, 4.69) is 0 Å². The number of nitriles is 1. The average Bonchev–Trinajstić information content (AvgIpc) is 1.61. The molecule has 48 valence electrons. The number of nitrogens with zero attached hydrogens (tertiary/aromatic N) is 1. The standard InChI is InChI=1S/C3H3NO2S.Cd.H3N/c4-2-7-1-3(5)6;;/h1H2,(H,5,6);;1H3. The van der Waals surface area contributed by atoms with Gasteiger partial charge in [-0.05, 0) is 11.8 Å². The first kappa shape index (κ1) is 16.1. The van der Waals surface area contributed by atoms with Crippen LogP contribution in [-0.2, 0) is 32.1 Å². The third kappa shape index (κ3) is 17.9. The first-order chi connectivity index (χ1) is 3.27. The summed E-state index contributed by atoms with van der Waals surface area (Å²) in [6, 6.07) is 0.